The Morgan fingerprint density at radius 1 is 1.15 bits per heavy atom. The van der Waals surface area contributed by atoms with E-state index in [4.69, 9.17) is 15.1 Å². The van der Waals surface area contributed by atoms with Crippen LogP contribution in [0.15, 0.2) is 42.5 Å². The maximum atomic E-state index is 12.2. The maximum absolute atomic E-state index is 12.2. The monoisotopic (exact) mass is 354 g/mol. The third kappa shape index (κ3) is 4.88. The number of urea groups is 1. The first-order valence-corrected chi connectivity index (χ1v) is 7.68. The van der Waals surface area contributed by atoms with Crippen molar-refractivity contribution in [2.24, 2.45) is 0 Å². The molecule has 0 radical (unpaired) electrons. The molecule has 0 heterocycles. The van der Waals surface area contributed by atoms with Gasteiger partial charge in [-0.2, -0.15) is 5.26 Å². The molecule has 0 bridgehead atoms. The normalized spacial score (nSPS) is 11.0. The molecule has 4 N–H and O–H groups in total. The summed E-state index contributed by atoms with van der Waals surface area (Å²) < 4.78 is 5.10. The quantitative estimate of drug-likeness (QED) is 0.654. The molecule has 2 aromatic carbocycles. The number of nitriles is 1. The van der Waals surface area contributed by atoms with Crippen LogP contribution in [0.5, 0.6) is 5.75 Å². The van der Waals surface area contributed by atoms with Crippen LogP contribution in [-0.2, 0) is 0 Å². The lowest BCUT2D eigenvalue weighted by Crippen LogP contribution is -2.24. The summed E-state index contributed by atoms with van der Waals surface area (Å²) in [6, 6.07) is 12.6. The van der Waals surface area contributed by atoms with E-state index in [-0.39, 0.29) is 0 Å². The number of anilines is 2. The van der Waals surface area contributed by atoms with Crippen LogP contribution < -0.4 is 20.7 Å². The molecule has 0 aliphatic heterocycles. The number of nitrogens with one attached hydrogen (secondary N) is 3. The van der Waals surface area contributed by atoms with Gasteiger partial charge in [0.05, 0.1) is 18.7 Å². The Bertz CT molecular complexity index is 861. The topological polar surface area (TPSA) is 123 Å². The van der Waals surface area contributed by atoms with E-state index in [1.165, 1.54) is 7.11 Å². The summed E-state index contributed by atoms with van der Waals surface area (Å²) in [4.78, 5) is 22.9. The first kappa shape index (κ1) is 18.6. The number of methoxy groups -OCH3 is 1. The van der Waals surface area contributed by atoms with Crippen molar-refractivity contribution in [2.75, 3.05) is 17.7 Å². The van der Waals surface area contributed by atoms with E-state index in [1.54, 1.807) is 49.4 Å². The lowest BCUT2D eigenvalue weighted by Gasteiger charge is -2.14. The van der Waals surface area contributed by atoms with E-state index < -0.39 is 18.2 Å². The second kappa shape index (κ2) is 8.39. The minimum Gasteiger partial charge on any atom is -0.495 e. The van der Waals surface area contributed by atoms with E-state index in [0.29, 0.717) is 28.3 Å². The van der Waals surface area contributed by atoms with E-state index >= 15 is 0 Å². The van der Waals surface area contributed by atoms with Gasteiger partial charge in [0.2, 0.25) is 0 Å². The summed E-state index contributed by atoms with van der Waals surface area (Å²) in [6.45, 7) is 1.70. The van der Waals surface area contributed by atoms with Crippen LogP contribution in [0, 0.1) is 11.3 Å². The molecule has 0 saturated carbocycles. The van der Waals surface area contributed by atoms with Gasteiger partial charge >= 0.3 is 12.1 Å². The number of amides is 3. The van der Waals surface area contributed by atoms with E-state index in [1.807, 2.05) is 6.07 Å². The summed E-state index contributed by atoms with van der Waals surface area (Å²) in [5.41, 5.74) is 2.06. The Labute approximate surface area is 150 Å². The molecule has 2 aromatic rings. The van der Waals surface area contributed by atoms with Crippen molar-refractivity contribution in [1.82, 2.24) is 5.32 Å². The van der Waals surface area contributed by atoms with Crippen molar-refractivity contribution in [3.8, 4) is 11.8 Å². The van der Waals surface area contributed by atoms with E-state index in [0.717, 1.165) is 0 Å². The van der Waals surface area contributed by atoms with Crippen molar-refractivity contribution >= 4 is 23.5 Å². The molecule has 2 rings (SSSR count). The lowest BCUT2D eigenvalue weighted by atomic mass is 10.1. The number of benzene rings is 2. The zero-order valence-electron chi connectivity index (χ0n) is 14.2. The Morgan fingerprint density at radius 3 is 2.46 bits per heavy atom. The van der Waals surface area contributed by atoms with Crippen molar-refractivity contribution < 1.29 is 19.4 Å². The summed E-state index contributed by atoms with van der Waals surface area (Å²) >= 11 is 0. The second-order valence-electron chi connectivity index (χ2n) is 5.40. The molecule has 0 spiro atoms. The van der Waals surface area contributed by atoms with Gasteiger partial charge in [-0.3, -0.25) is 0 Å². The lowest BCUT2D eigenvalue weighted by molar-refractivity contribution is 0.191. The van der Waals surface area contributed by atoms with Gasteiger partial charge in [-0.25, -0.2) is 9.59 Å². The standard InChI is InChI=1S/C18H18N4O4/c1-11(20-18(24)25)12-4-3-5-14(8-12)21-17(23)22-15-7-6-13(10-19)16(9-15)26-2/h3-9,11,20H,1-2H3,(H,24,25)(H2,21,22,23)/t11-/m1/s1. The van der Waals surface area contributed by atoms with Crippen LogP contribution in [0.2, 0.25) is 0 Å². The molecule has 8 heteroatoms. The minimum atomic E-state index is -1.12. The second-order valence-corrected chi connectivity index (χ2v) is 5.40. The van der Waals surface area contributed by atoms with Gasteiger partial charge in [-0.15, -0.1) is 0 Å². The fraction of sp³-hybridized carbons (Fsp3) is 0.167. The fourth-order valence-corrected chi connectivity index (χ4v) is 2.31. The van der Waals surface area contributed by atoms with Gasteiger partial charge < -0.3 is 25.8 Å². The van der Waals surface area contributed by atoms with Crippen molar-refractivity contribution in [3.63, 3.8) is 0 Å². The highest BCUT2D eigenvalue weighted by atomic mass is 16.5. The summed E-state index contributed by atoms with van der Waals surface area (Å²) in [7, 11) is 1.44. The average molecular weight is 354 g/mol. The molecule has 0 unspecified atom stereocenters. The number of carbonyl (C=O) groups excluding carboxylic acids is 1. The van der Waals surface area contributed by atoms with Crippen LogP contribution in [-0.4, -0.2) is 24.3 Å². The largest absolute Gasteiger partial charge is 0.495 e. The van der Waals surface area contributed by atoms with Crippen LogP contribution in [0.25, 0.3) is 0 Å². The van der Waals surface area contributed by atoms with Gasteiger partial charge in [0.25, 0.3) is 0 Å². The highest BCUT2D eigenvalue weighted by molar-refractivity contribution is 6.00. The van der Waals surface area contributed by atoms with Crippen molar-refractivity contribution in [2.45, 2.75) is 13.0 Å². The number of ether oxygens (including phenoxy) is 1. The molecule has 0 fully saturated rings. The van der Waals surface area contributed by atoms with Gasteiger partial charge in [0, 0.05) is 17.4 Å². The van der Waals surface area contributed by atoms with Crippen LogP contribution in [0.1, 0.15) is 24.1 Å². The molecular weight excluding hydrogens is 336 g/mol. The third-order valence-corrected chi connectivity index (χ3v) is 3.56. The number of hydrogen-bond acceptors (Lipinski definition) is 4. The molecule has 1 atom stereocenters. The van der Waals surface area contributed by atoms with Crippen LogP contribution in [0.3, 0.4) is 0 Å². The summed E-state index contributed by atoms with van der Waals surface area (Å²) in [5, 5.41) is 25.4. The molecule has 26 heavy (non-hydrogen) atoms. The number of nitrogens with zero attached hydrogens (tertiary/aromatic N) is 1. The van der Waals surface area contributed by atoms with Crippen LogP contribution >= 0.6 is 0 Å². The van der Waals surface area contributed by atoms with E-state index in [9.17, 15) is 9.59 Å². The van der Waals surface area contributed by atoms with Crippen molar-refractivity contribution in [1.29, 1.82) is 5.26 Å². The predicted octanol–water partition coefficient (Wildman–Crippen LogP) is 3.54. The van der Waals surface area contributed by atoms with Gasteiger partial charge in [-0.05, 0) is 36.8 Å². The first-order valence-electron chi connectivity index (χ1n) is 7.68. The fourth-order valence-electron chi connectivity index (χ4n) is 2.31. The third-order valence-electron chi connectivity index (χ3n) is 3.56. The molecular formula is C18H18N4O4. The van der Waals surface area contributed by atoms with Crippen molar-refractivity contribution in [3.05, 3.63) is 53.6 Å². The molecule has 0 aliphatic carbocycles. The molecule has 8 nitrogen and oxygen atoms in total. The van der Waals surface area contributed by atoms with E-state index in [2.05, 4.69) is 16.0 Å². The first-order chi connectivity index (χ1) is 12.4. The Hall–Kier alpha value is -3.73. The van der Waals surface area contributed by atoms with Crippen LogP contribution in [0.4, 0.5) is 21.0 Å². The Balaban J connectivity index is 2.06. The number of hydrogen-bond donors (Lipinski definition) is 4. The molecule has 0 aliphatic rings. The summed E-state index contributed by atoms with van der Waals surface area (Å²) in [5.74, 6) is 0.362. The zero-order chi connectivity index (χ0) is 19.1. The number of carboxylic acid groups (broad SMARTS) is 1. The Kier molecular flexibility index (Phi) is 6.01. The minimum absolute atomic E-state index is 0.362. The predicted molar refractivity (Wildman–Crippen MR) is 96.4 cm³/mol. The maximum Gasteiger partial charge on any atom is 0.405 e. The number of carbonyl (C=O) groups is 2. The SMILES string of the molecule is COc1cc(NC(=O)Nc2cccc([C@@H](C)NC(=O)O)c2)ccc1C#N. The smallest absolute Gasteiger partial charge is 0.405 e. The van der Waals surface area contributed by atoms with Gasteiger partial charge in [0.1, 0.15) is 11.8 Å². The number of rotatable bonds is 5. The molecule has 0 saturated heterocycles. The average Bonchev–Trinajstić information content (AvgIpc) is 2.61. The Morgan fingerprint density at radius 2 is 1.85 bits per heavy atom. The zero-order valence-corrected chi connectivity index (χ0v) is 14.2. The highest BCUT2D eigenvalue weighted by Gasteiger charge is 2.10. The summed E-state index contributed by atoms with van der Waals surface area (Å²) in [6.07, 6.45) is -1.12. The molecule has 0 aromatic heterocycles. The molecule has 3 amide bonds. The highest BCUT2D eigenvalue weighted by Crippen LogP contribution is 2.23. The van der Waals surface area contributed by atoms with Gasteiger partial charge in [-0.1, -0.05) is 12.1 Å². The van der Waals surface area contributed by atoms with Gasteiger partial charge in [0.15, 0.2) is 0 Å². The molecule has 134 valence electrons.